The summed E-state index contributed by atoms with van der Waals surface area (Å²) in [6, 6.07) is 0. The third-order valence-electron chi connectivity index (χ3n) is 4.40. The molecule has 0 saturated carbocycles. The zero-order valence-electron chi connectivity index (χ0n) is 15.5. The fourth-order valence-electron chi connectivity index (χ4n) is 2.97. The molecule has 22 heavy (non-hydrogen) atoms. The smallest absolute Gasteiger partial charge is 0.0575 e. The Kier molecular flexibility index (Phi) is 19.6. The van der Waals surface area contributed by atoms with Crippen LogP contribution in [-0.2, 0) is 4.74 Å². The molecule has 0 saturated heterocycles. The molecule has 0 aliphatic heterocycles. The Bertz CT molecular complexity index is 196. The van der Waals surface area contributed by atoms with Crippen molar-refractivity contribution in [3.8, 4) is 0 Å². The van der Waals surface area contributed by atoms with E-state index in [0.717, 1.165) is 12.4 Å². The lowest BCUT2D eigenvalue weighted by Gasteiger charge is -2.16. The predicted molar refractivity (Wildman–Crippen MR) is 104 cm³/mol. The lowest BCUT2D eigenvalue weighted by atomic mass is 10.1. The number of ether oxygens (including phenoxy) is 1. The first-order valence-electron chi connectivity index (χ1n) is 10.1. The van der Waals surface area contributed by atoms with Gasteiger partial charge in [-0.1, -0.05) is 84.5 Å². The van der Waals surface area contributed by atoms with Gasteiger partial charge in [-0.15, -0.1) is 0 Å². The Hall–Kier alpha value is 0.310. The molecule has 0 bridgehead atoms. The zero-order chi connectivity index (χ0) is 16.3. The minimum Gasteiger partial charge on any atom is -0.378 e. The molecular formula is C20H42OS. The lowest BCUT2D eigenvalue weighted by Crippen LogP contribution is -2.13. The quantitative estimate of drug-likeness (QED) is 0.207. The van der Waals surface area contributed by atoms with Crippen LogP contribution in [-0.4, -0.2) is 18.5 Å². The van der Waals surface area contributed by atoms with Gasteiger partial charge in [0.05, 0.1) is 6.10 Å². The van der Waals surface area contributed by atoms with Crippen molar-refractivity contribution >= 4 is 12.6 Å². The van der Waals surface area contributed by atoms with Gasteiger partial charge in [-0.3, -0.25) is 0 Å². The molecule has 1 nitrogen and oxygen atoms in total. The van der Waals surface area contributed by atoms with Crippen molar-refractivity contribution in [3.05, 3.63) is 0 Å². The average molecular weight is 331 g/mol. The van der Waals surface area contributed by atoms with Crippen molar-refractivity contribution in [1.29, 1.82) is 0 Å². The Balaban J connectivity index is 3.23. The van der Waals surface area contributed by atoms with Gasteiger partial charge in [-0.25, -0.2) is 0 Å². The van der Waals surface area contributed by atoms with Crippen LogP contribution in [0.1, 0.15) is 110 Å². The lowest BCUT2D eigenvalue weighted by molar-refractivity contribution is 0.0385. The monoisotopic (exact) mass is 330 g/mol. The molecule has 134 valence electrons. The van der Waals surface area contributed by atoms with Crippen LogP contribution >= 0.6 is 12.6 Å². The van der Waals surface area contributed by atoms with Gasteiger partial charge < -0.3 is 4.74 Å². The van der Waals surface area contributed by atoms with E-state index in [9.17, 15) is 0 Å². The first kappa shape index (κ1) is 22.3. The van der Waals surface area contributed by atoms with Crippen molar-refractivity contribution in [2.45, 2.75) is 116 Å². The molecule has 0 aliphatic carbocycles. The maximum Gasteiger partial charge on any atom is 0.0575 e. The van der Waals surface area contributed by atoms with E-state index >= 15 is 0 Å². The second-order valence-corrected chi connectivity index (χ2v) is 7.13. The van der Waals surface area contributed by atoms with Gasteiger partial charge in [-0.05, 0) is 31.4 Å². The number of hydrogen-bond donors (Lipinski definition) is 1. The van der Waals surface area contributed by atoms with Gasteiger partial charge in [0.2, 0.25) is 0 Å². The summed E-state index contributed by atoms with van der Waals surface area (Å²) in [6.45, 7) is 5.50. The number of thiol groups is 1. The topological polar surface area (TPSA) is 9.23 Å². The molecule has 0 rings (SSSR count). The van der Waals surface area contributed by atoms with E-state index in [1.165, 1.54) is 96.3 Å². The van der Waals surface area contributed by atoms with E-state index in [2.05, 4.69) is 26.5 Å². The van der Waals surface area contributed by atoms with Gasteiger partial charge >= 0.3 is 0 Å². The van der Waals surface area contributed by atoms with E-state index < -0.39 is 0 Å². The minimum absolute atomic E-state index is 0.486. The van der Waals surface area contributed by atoms with Gasteiger partial charge in [0, 0.05) is 6.61 Å². The third kappa shape index (κ3) is 16.7. The van der Waals surface area contributed by atoms with Gasteiger partial charge in [0.15, 0.2) is 0 Å². The van der Waals surface area contributed by atoms with Crippen LogP contribution < -0.4 is 0 Å². The fraction of sp³-hybridized carbons (Fsp3) is 1.00. The Labute approximate surface area is 146 Å². The summed E-state index contributed by atoms with van der Waals surface area (Å²) >= 11 is 4.30. The molecule has 0 fully saturated rings. The molecule has 2 heteroatoms. The van der Waals surface area contributed by atoms with Crippen molar-refractivity contribution in [1.82, 2.24) is 0 Å². The van der Waals surface area contributed by atoms with E-state index in [1.807, 2.05) is 0 Å². The van der Waals surface area contributed by atoms with Gasteiger partial charge in [0.25, 0.3) is 0 Å². The summed E-state index contributed by atoms with van der Waals surface area (Å²) in [4.78, 5) is 0. The summed E-state index contributed by atoms with van der Waals surface area (Å²) in [7, 11) is 0. The maximum absolute atomic E-state index is 6.03. The Morgan fingerprint density at radius 2 is 1.18 bits per heavy atom. The normalized spacial score (nSPS) is 12.7. The molecule has 1 unspecified atom stereocenters. The summed E-state index contributed by atoms with van der Waals surface area (Å²) in [6.07, 6.45) is 20.7. The van der Waals surface area contributed by atoms with Crippen molar-refractivity contribution in [2.75, 3.05) is 12.4 Å². The molecule has 0 spiro atoms. The maximum atomic E-state index is 6.03. The van der Waals surface area contributed by atoms with E-state index in [-0.39, 0.29) is 0 Å². The molecule has 0 radical (unpaired) electrons. The molecule has 0 aromatic carbocycles. The van der Waals surface area contributed by atoms with Crippen molar-refractivity contribution in [2.24, 2.45) is 0 Å². The van der Waals surface area contributed by atoms with Crippen LogP contribution in [0.3, 0.4) is 0 Å². The molecule has 0 aromatic heterocycles. The predicted octanol–water partition coefficient (Wildman–Crippen LogP) is 7.19. The van der Waals surface area contributed by atoms with E-state index in [0.29, 0.717) is 6.10 Å². The summed E-state index contributed by atoms with van der Waals surface area (Å²) in [5, 5.41) is 0. The Morgan fingerprint density at radius 1 is 0.636 bits per heavy atom. The first-order valence-corrected chi connectivity index (χ1v) is 10.7. The zero-order valence-corrected chi connectivity index (χ0v) is 16.3. The highest BCUT2D eigenvalue weighted by atomic mass is 32.1. The van der Waals surface area contributed by atoms with E-state index in [1.54, 1.807) is 0 Å². The second-order valence-electron chi connectivity index (χ2n) is 6.68. The minimum atomic E-state index is 0.486. The Morgan fingerprint density at radius 3 is 1.68 bits per heavy atom. The van der Waals surface area contributed by atoms with Crippen LogP contribution in [0.15, 0.2) is 0 Å². The highest BCUT2D eigenvalue weighted by molar-refractivity contribution is 7.80. The standard InChI is InChI=1S/C20H42OS/c1-3-5-6-7-8-9-10-11-12-13-14-18-21-20(16-4-2)17-15-19-22/h20,22H,3-19H2,1-2H3. The molecule has 0 N–H and O–H groups in total. The van der Waals surface area contributed by atoms with E-state index in [4.69, 9.17) is 4.74 Å². The molecule has 0 aromatic rings. The summed E-state index contributed by atoms with van der Waals surface area (Å²) < 4.78 is 6.03. The van der Waals surface area contributed by atoms with Crippen LogP contribution in [0.2, 0.25) is 0 Å². The molecule has 0 heterocycles. The summed E-state index contributed by atoms with van der Waals surface area (Å²) in [5.41, 5.74) is 0. The SMILES string of the molecule is CCCCCCCCCCCCCOC(CCC)CCCS. The van der Waals surface area contributed by atoms with Gasteiger partial charge in [-0.2, -0.15) is 12.6 Å². The molecular weight excluding hydrogens is 288 g/mol. The molecule has 1 atom stereocenters. The fourth-order valence-corrected chi connectivity index (χ4v) is 3.15. The average Bonchev–Trinajstić information content (AvgIpc) is 2.53. The molecule has 0 aliphatic rings. The van der Waals surface area contributed by atoms with Crippen molar-refractivity contribution in [3.63, 3.8) is 0 Å². The highest BCUT2D eigenvalue weighted by Gasteiger charge is 2.06. The number of rotatable bonds is 18. The number of hydrogen-bond acceptors (Lipinski definition) is 2. The van der Waals surface area contributed by atoms with Crippen LogP contribution in [0.25, 0.3) is 0 Å². The van der Waals surface area contributed by atoms with Crippen molar-refractivity contribution < 1.29 is 4.74 Å². The van der Waals surface area contributed by atoms with Crippen LogP contribution in [0, 0.1) is 0 Å². The number of unbranched alkanes of at least 4 members (excludes halogenated alkanes) is 10. The largest absolute Gasteiger partial charge is 0.378 e. The van der Waals surface area contributed by atoms with Crippen LogP contribution in [0.5, 0.6) is 0 Å². The molecule has 0 amide bonds. The van der Waals surface area contributed by atoms with Gasteiger partial charge in [0.1, 0.15) is 0 Å². The first-order chi connectivity index (χ1) is 10.8. The second kappa shape index (κ2) is 19.4. The highest BCUT2D eigenvalue weighted by Crippen LogP contribution is 2.13. The van der Waals surface area contributed by atoms with Crippen LogP contribution in [0.4, 0.5) is 0 Å². The summed E-state index contributed by atoms with van der Waals surface area (Å²) in [5.74, 6) is 0.988. The third-order valence-corrected chi connectivity index (χ3v) is 4.71.